The first kappa shape index (κ1) is 25.3. The van der Waals surface area contributed by atoms with Crippen LogP contribution in [0.2, 0.25) is 0 Å². The standard InChI is InChI=1S/C26H22F4N5O3/c1-16-13-33(9-10-34(16)25(37)38-15-17-3-2-8-31-12-17)24(36)21-14-35-22(18-4-6-19(27)7-5-18)11-20(23(35)32-21)26(28,29)30/h2-8,11-12,14,16H,9-10,13,15H2,1H3/q+1. The minimum absolute atomic E-state index is 0.0562. The van der Waals surface area contributed by atoms with Crippen molar-refractivity contribution < 1.29 is 36.5 Å². The molecule has 1 unspecified atom stereocenters. The van der Waals surface area contributed by atoms with Crippen molar-refractivity contribution in [2.24, 2.45) is 4.99 Å². The maximum absolute atomic E-state index is 13.8. The van der Waals surface area contributed by atoms with Crippen molar-refractivity contribution in [2.75, 3.05) is 19.6 Å². The summed E-state index contributed by atoms with van der Waals surface area (Å²) >= 11 is 0. The molecule has 5 rings (SSSR count). The second-order valence-electron chi connectivity index (χ2n) is 8.98. The summed E-state index contributed by atoms with van der Waals surface area (Å²) in [4.78, 5) is 36.7. The lowest BCUT2D eigenvalue weighted by Gasteiger charge is -2.38. The Hall–Kier alpha value is -4.35. The average molecular weight is 528 g/mol. The fraction of sp³-hybridized carbons (Fsp3) is 0.269. The van der Waals surface area contributed by atoms with Gasteiger partial charge in [0.15, 0.2) is 11.8 Å². The largest absolute Gasteiger partial charge is 0.444 e. The molecule has 0 saturated carbocycles. The van der Waals surface area contributed by atoms with Crippen LogP contribution in [-0.4, -0.2) is 74.8 Å². The van der Waals surface area contributed by atoms with Crippen LogP contribution < -0.4 is 0 Å². The summed E-state index contributed by atoms with van der Waals surface area (Å²) in [6, 6.07) is 8.13. The van der Waals surface area contributed by atoms with E-state index in [0.717, 1.165) is 23.8 Å². The molecule has 3 aliphatic rings. The fourth-order valence-electron chi connectivity index (χ4n) is 4.47. The molecular formula is C26H22F4N5O3+. The Kier molecular flexibility index (Phi) is 6.55. The molecule has 2 aromatic rings. The first-order chi connectivity index (χ1) is 18.1. The summed E-state index contributed by atoms with van der Waals surface area (Å²) in [6.07, 6.45) is 0.148. The number of pyridine rings is 1. The predicted octanol–water partition coefficient (Wildman–Crippen LogP) is 3.65. The van der Waals surface area contributed by atoms with E-state index in [-0.39, 0.29) is 37.6 Å². The molecule has 8 nitrogen and oxygen atoms in total. The molecule has 0 radical (unpaired) electrons. The summed E-state index contributed by atoms with van der Waals surface area (Å²) < 4.78 is 61.2. The first-order valence-electron chi connectivity index (χ1n) is 11.8. The van der Waals surface area contributed by atoms with E-state index >= 15 is 0 Å². The van der Waals surface area contributed by atoms with Crippen molar-refractivity contribution in [3.63, 3.8) is 0 Å². The Balaban J connectivity index is 1.30. The third kappa shape index (κ3) is 4.93. The molecular weight excluding hydrogens is 506 g/mol. The second-order valence-corrected chi connectivity index (χ2v) is 8.98. The van der Waals surface area contributed by atoms with Gasteiger partial charge in [-0.05, 0) is 42.2 Å². The van der Waals surface area contributed by atoms with Crippen LogP contribution >= 0.6 is 0 Å². The molecule has 1 aromatic carbocycles. The normalized spacial score (nSPS) is 19.2. The van der Waals surface area contributed by atoms with Gasteiger partial charge in [0.05, 0.1) is 0 Å². The van der Waals surface area contributed by atoms with Crippen LogP contribution in [0.1, 0.15) is 18.1 Å². The van der Waals surface area contributed by atoms with E-state index in [9.17, 15) is 27.2 Å². The predicted molar refractivity (Wildman–Crippen MR) is 128 cm³/mol. The number of piperazine rings is 1. The van der Waals surface area contributed by atoms with Crippen LogP contribution in [0.15, 0.2) is 77.3 Å². The van der Waals surface area contributed by atoms with Crippen LogP contribution in [0.5, 0.6) is 0 Å². The van der Waals surface area contributed by atoms with Crippen LogP contribution in [0, 0.1) is 5.82 Å². The number of rotatable bonds is 4. The Morgan fingerprint density at radius 3 is 2.58 bits per heavy atom. The quantitative estimate of drug-likeness (QED) is 0.449. The SMILES string of the molecule is CC1CN(C(=O)C2=C[N+]3=C(c4ccc(F)cc4)C=C(C(F)(F)F)C3=N2)CCN1C(=O)OCc1cccnc1. The van der Waals surface area contributed by atoms with Crippen LogP contribution in [0.25, 0.3) is 0 Å². The van der Waals surface area contributed by atoms with Crippen molar-refractivity contribution in [1.82, 2.24) is 14.8 Å². The van der Waals surface area contributed by atoms with Crippen molar-refractivity contribution in [3.8, 4) is 0 Å². The van der Waals surface area contributed by atoms with E-state index < -0.39 is 41.4 Å². The maximum atomic E-state index is 13.8. The zero-order valence-electron chi connectivity index (χ0n) is 20.2. The number of amides is 2. The average Bonchev–Trinajstić information content (AvgIpc) is 3.47. The van der Waals surface area contributed by atoms with Gasteiger partial charge in [0.25, 0.3) is 5.70 Å². The highest BCUT2D eigenvalue weighted by Gasteiger charge is 2.50. The molecule has 1 atom stereocenters. The third-order valence-corrected chi connectivity index (χ3v) is 6.39. The van der Waals surface area contributed by atoms with Gasteiger partial charge in [-0.2, -0.15) is 17.7 Å². The summed E-state index contributed by atoms with van der Waals surface area (Å²) in [7, 11) is 0. The monoisotopic (exact) mass is 528 g/mol. The van der Waals surface area contributed by atoms with Gasteiger partial charge in [0, 0.05) is 55.3 Å². The third-order valence-electron chi connectivity index (χ3n) is 6.39. The van der Waals surface area contributed by atoms with Crippen LogP contribution in [-0.2, 0) is 16.1 Å². The van der Waals surface area contributed by atoms with Gasteiger partial charge in [0.2, 0.25) is 0 Å². The number of hydrogen-bond donors (Lipinski definition) is 0. The van der Waals surface area contributed by atoms with E-state index in [4.69, 9.17) is 4.74 Å². The van der Waals surface area contributed by atoms with Gasteiger partial charge in [-0.3, -0.25) is 9.78 Å². The number of hydrogen-bond acceptors (Lipinski definition) is 5. The molecule has 2 amide bonds. The number of carbonyl (C=O) groups excluding carboxylic acids is 2. The topological polar surface area (TPSA) is 78.1 Å². The van der Waals surface area contributed by atoms with Crippen molar-refractivity contribution in [3.05, 3.63) is 89.3 Å². The van der Waals surface area contributed by atoms with E-state index in [1.807, 2.05) is 0 Å². The molecule has 0 N–H and O–H groups in total. The molecule has 12 heteroatoms. The molecule has 0 spiro atoms. The van der Waals surface area contributed by atoms with Gasteiger partial charge < -0.3 is 14.5 Å². The fourth-order valence-corrected chi connectivity index (χ4v) is 4.47. The summed E-state index contributed by atoms with van der Waals surface area (Å²) in [5.74, 6) is -1.49. The lowest BCUT2D eigenvalue weighted by molar-refractivity contribution is -0.317. The molecule has 0 aliphatic carbocycles. The highest BCUT2D eigenvalue weighted by atomic mass is 19.4. The molecule has 38 heavy (non-hydrogen) atoms. The van der Waals surface area contributed by atoms with E-state index in [1.165, 1.54) is 32.7 Å². The van der Waals surface area contributed by atoms with Crippen LogP contribution in [0.4, 0.5) is 22.4 Å². The number of halogens is 4. The van der Waals surface area contributed by atoms with Gasteiger partial charge in [-0.15, -0.1) is 0 Å². The number of nitrogens with zero attached hydrogens (tertiary/aromatic N) is 5. The summed E-state index contributed by atoms with van der Waals surface area (Å²) in [5.41, 5.74) is 0.0580. The molecule has 1 aromatic heterocycles. The lowest BCUT2D eigenvalue weighted by atomic mass is 10.1. The number of fused-ring (bicyclic) bond motifs is 1. The van der Waals surface area contributed by atoms with Crippen molar-refractivity contribution >= 4 is 23.5 Å². The minimum atomic E-state index is -4.71. The Bertz CT molecular complexity index is 1400. The zero-order chi connectivity index (χ0) is 27.0. The molecule has 1 saturated heterocycles. The van der Waals surface area contributed by atoms with Gasteiger partial charge in [0.1, 0.15) is 18.1 Å². The number of carbonyl (C=O) groups is 2. The molecule has 1 fully saturated rings. The number of amidine groups is 1. The van der Waals surface area contributed by atoms with Gasteiger partial charge in [-0.1, -0.05) is 6.07 Å². The molecule has 196 valence electrons. The van der Waals surface area contributed by atoms with Crippen molar-refractivity contribution in [2.45, 2.75) is 25.7 Å². The molecule has 3 aliphatic heterocycles. The number of ether oxygens (including phenoxy) is 1. The summed E-state index contributed by atoms with van der Waals surface area (Å²) in [5, 5.41) is 0. The highest BCUT2D eigenvalue weighted by molar-refractivity contribution is 6.19. The van der Waals surface area contributed by atoms with Gasteiger partial charge >= 0.3 is 24.0 Å². The first-order valence-corrected chi connectivity index (χ1v) is 11.8. The molecule has 0 bridgehead atoms. The Labute approximate surface area is 214 Å². The van der Waals surface area contributed by atoms with E-state index in [1.54, 1.807) is 31.5 Å². The smallest absolute Gasteiger partial charge is 0.424 e. The van der Waals surface area contributed by atoms with E-state index in [2.05, 4.69) is 9.98 Å². The Morgan fingerprint density at radius 2 is 1.92 bits per heavy atom. The summed E-state index contributed by atoms with van der Waals surface area (Å²) in [6.45, 7) is 2.31. The Morgan fingerprint density at radius 1 is 1.16 bits per heavy atom. The number of alkyl halides is 3. The highest BCUT2D eigenvalue weighted by Crippen LogP contribution is 2.34. The molecule has 4 heterocycles. The second kappa shape index (κ2) is 9.84. The number of aliphatic imine (C=N–C) groups is 1. The van der Waals surface area contributed by atoms with Crippen molar-refractivity contribution in [1.29, 1.82) is 0 Å². The zero-order valence-corrected chi connectivity index (χ0v) is 20.2. The number of allylic oxidation sites excluding steroid dienone is 1. The van der Waals surface area contributed by atoms with E-state index in [0.29, 0.717) is 5.56 Å². The lowest BCUT2D eigenvalue weighted by Crippen LogP contribution is -2.55. The number of aromatic nitrogens is 1. The minimum Gasteiger partial charge on any atom is -0.444 e. The number of benzene rings is 1. The van der Waals surface area contributed by atoms with Gasteiger partial charge in [-0.25, -0.2) is 9.18 Å². The van der Waals surface area contributed by atoms with Crippen LogP contribution in [0.3, 0.4) is 0 Å². The maximum Gasteiger partial charge on any atom is 0.424 e.